The van der Waals surface area contributed by atoms with Gasteiger partial charge in [0.2, 0.25) is 10.0 Å². The van der Waals surface area contributed by atoms with Crippen LogP contribution in [0.1, 0.15) is 32.1 Å². The van der Waals surface area contributed by atoms with Gasteiger partial charge in [0.25, 0.3) is 0 Å². The second-order valence-corrected chi connectivity index (χ2v) is 7.46. The first kappa shape index (κ1) is 16.1. The van der Waals surface area contributed by atoms with Gasteiger partial charge in [-0.1, -0.05) is 19.3 Å². The molecule has 0 spiro atoms. The van der Waals surface area contributed by atoms with Gasteiger partial charge in [0.15, 0.2) is 0 Å². The Balaban J connectivity index is 2.20. The van der Waals surface area contributed by atoms with Crippen molar-refractivity contribution in [3.05, 3.63) is 18.2 Å². The molecule has 0 saturated heterocycles. The van der Waals surface area contributed by atoms with Crippen molar-refractivity contribution >= 4 is 21.4 Å². The van der Waals surface area contributed by atoms with Crippen molar-refractivity contribution in [2.75, 3.05) is 24.6 Å². The summed E-state index contributed by atoms with van der Waals surface area (Å²) in [7, 11) is -2.24. The summed E-state index contributed by atoms with van der Waals surface area (Å²) in [5.41, 5.74) is 5.75. The summed E-state index contributed by atoms with van der Waals surface area (Å²) < 4.78 is 26.4. The number of hydrogen-bond donors (Lipinski definition) is 4. The predicted octanol–water partition coefficient (Wildman–Crippen LogP) is 1.28. The summed E-state index contributed by atoms with van der Waals surface area (Å²) >= 11 is 0. The van der Waals surface area contributed by atoms with Crippen molar-refractivity contribution in [3.8, 4) is 0 Å². The molecule has 0 unspecified atom stereocenters. The summed E-state index contributed by atoms with van der Waals surface area (Å²) in [6.07, 6.45) is 4.62. The van der Waals surface area contributed by atoms with Gasteiger partial charge in [-0.15, -0.1) is 0 Å². The fourth-order valence-corrected chi connectivity index (χ4v) is 3.60. The molecular weight excluding hydrogens is 290 g/mol. The van der Waals surface area contributed by atoms with Gasteiger partial charge in [-0.2, -0.15) is 0 Å². The highest BCUT2D eigenvalue weighted by Crippen LogP contribution is 2.30. The van der Waals surface area contributed by atoms with Gasteiger partial charge in [0.05, 0.1) is 11.3 Å². The Labute approximate surface area is 125 Å². The Kier molecular flexibility index (Phi) is 4.75. The van der Waals surface area contributed by atoms with E-state index in [1.165, 1.54) is 13.1 Å². The maximum absolute atomic E-state index is 12.0. The predicted molar refractivity (Wildman–Crippen MR) is 83.6 cm³/mol. The van der Waals surface area contributed by atoms with Gasteiger partial charge in [-0.3, -0.25) is 0 Å². The SMILES string of the molecule is CNS(=O)(=O)c1cc(N)ccc1NCC1(O)CCCCC1. The van der Waals surface area contributed by atoms with E-state index in [0.717, 1.165) is 32.1 Å². The first-order valence-corrected chi connectivity index (χ1v) is 8.64. The maximum Gasteiger partial charge on any atom is 0.242 e. The second kappa shape index (κ2) is 6.21. The largest absolute Gasteiger partial charge is 0.399 e. The number of rotatable bonds is 5. The van der Waals surface area contributed by atoms with Gasteiger partial charge < -0.3 is 16.2 Å². The number of hydrogen-bond acceptors (Lipinski definition) is 5. The van der Waals surface area contributed by atoms with Crippen LogP contribution in [-0.4, -0.2) is 32.7 Å². The Morgan fingerprint density at radius 3 is 2.57 bits per heavy atom. The molecule has 6 nitrogen and oxygen atoms in total. The molecule has 0 bridgehead atoms. The van der Waals surface area contributed by atoms with Crippen molar-refractivity contribution in [1.82, 2.24) is 4.72 Å². The lowest BCUT2D eigenvalue weighted by Gasteiger charge is -2.32. The molecule has 0 amide bonds. The number of nitrogens with one attached hydrogen (secondary N) is 2. The normalized spacial score (nSPS) is 18.4. The summed E-state index contributed by atoms with van der Waals surface area (Å²) in [5, 5.41) is 13.6. The third kappa shape index (κ3) is 3.87. The van der Waals surface area contributed by atoms with Crippen LogP contribution in [0.25, 0.3) is 0 Å². The highest BCUT2D eigenvalue weighted by atomic mass is 32.2. The molecule has 2 rings (SSSR count). The Morgan fingerprint density at radius 2 is 1.95 bits per heavy atom. The van der Waals surface area contributed by atoms with Gasteiger partial charge in [-0.25, -0.2) is 13.1 Å². The third-order valence-corrected chi connectivity index (χ3v) is 5.41. The molecule has 0 aromatic heterocycles. The highest BCUT2D eigenvalue weighted by Gasteiger charge is 2.29. The van der Waals surface area contributed by atoms with Crippen LogP contribution in [-0.2, 0) is 10.0 Å². The topological polar surface area (TPSA) is 104 Å². The van der Waals surface area contributed by atoms with E-state index in [0.29, 0.717) is 17.9 Å². The minimum Gasteiger partial charge on any atom is -0.399 e. The van der Waals surface area contributed by atoms with Crippen molar-refractivity contribution in [1.29, 1.82) is 0 Å². The molecule has 1 aromatic rings. The summed E-state index contributed by atoms with van der Waals surface area (Å²) in [5.74, 6) is 0. The van der Waals surface area contributed by atoms with Gasteiger partial charge in [0, 0.05) is 12.2 Å². The van der Waals surface area contributed by atoms with Crippen LogP contribution in [0.4, 0.5) is 11.4 Å². The molecule has 1 saturated carbocycles. The molecule has 0 heterocycles. The lowest BCUT2D eigenvalue weighted by Crippen LogP contribution is -2.39. The van der Waals surface area contributed by atoms with Crippen LogP contribution >= 0.6 is 0 Å². The van der Waals surface area contributed by atoms with Crippen LogP contribution < -0.4 is 15.8 Å². The Hall–Kier alpha value is -1.31. The molecule has 7 heteroatoms. The van der Waals surface area contributed by atoms with E-state index >= 15 is 0 Å². The summed E-state index contributed by atoms with van der Waals surface area (Å²) in [6.45, 7) is 0.336. The maximum atomic E-state index is 12.0. The van der Waals surface area contributed by atoms with E-state index in [9.17, 15) is 13.5 Å². The number of benzene rings is 1. The first-order valence-electron chi connectivity index (χ1n) is 7.16. The average Bonchev–Trinajstić information content (AvgIpc) is 2.47. The van der Waals surface area contributed by atoms with Crippen molar-refractivity contribution in [2.24, 2.45) is 0 Å². The van der Waals surface area contributed by atoms with Crippen molar-refractivity contribution in [2.45, 2.75) is 42.6 Å². The van der Waals surface area contributed by atoms with Crippen LogP contribution in [0.15, 0.2) is 23.1 Å². The molecule has 1 aliphatic carbocycles. The van der Waals surface area contributed by atoms with Crippen molar-refractivity contribution < 1.29 is 13.5 Å². The van der Waals surface area contributed by atoms with Gasteiger partial charge in [0.1, 0.15) is 4.90 Å². The van der Waals surface area contributed by atoms with Crippen LogP contribution in [0.3, 0.4) is 0 Å². The molecule has 118 valence electrons. The number of sulfonamides is 1. The highest BCUT2D eigenvalue weighted by molar-refractivity contribution is 7.89. The van der Waals surface area contributed by atoms with E-state index in [1.807, 2.05) is 0 Å². The fourth-order valence-electron chi connectivity index (χ4n) is 2.66. The van der Waals surface area contributed by atoms with Crippen molar-refractivity contribution in [3.63, 3.8) is 0 Å². The van der Waals surface area contributed by atoms with Crippen LogP contribution in [0.2, 0.25) is 0 Å². The zero-order valence-electron chi connectivity index (χ0n) is 12.2. The van der Waals surface area contributed by atoms with E-state index in [1.54, 1.807) is 12.1 Å². The summed E-state index contributed by atoms with van der Waals surface area (Å²) in [6, 6.07) is 4.69. The molecule has 5 N–H and O–H groups in total. The minimum atomic E-state index is -3.60. The Bertz CT molecular complexity index is 595. The zero-order valence-corrected chi connectivity index (χ0v) is 13.0. The number of nitrogens with two attached hydrogens (primary N) is 1. The second-order valence-electron chi connectivity index (χ2n) is 5.60. The standard InChI is InChI=1S/C14H23N3O3S/c1-16-21(19,20)13-9-11(15)5-6-12(13)17-10-14(18)7-3-2-4-8-14/h5-6,9,16-18H,2-4,7-8,10,15H2,1H3. The molecule has 1 fully saturated rings. The fraction of sp³-hybridized carbons (Fsp3) is 0.571. The lowest BCUT2D eigenvalue weighted by atomic mass is 9.85. The number of nitrogen functional groups attached to an aromatic ring is 1. The molecule has 0 radical (unpaired) electrons. The summed E-state index contributed by atoms with van der Waals surface area (Å²) in [4.78, 5) is 0.101. The van der Waals surface area contributed by atoms with Gasteiger partial charge >= 0.3 is 0 Å². The Morgan fingerprint density at radius 1 is 1.29 bits per heavy atom. The quantitative estimate of drug-likeness (QED) is 0.613. The lowest BCUT2D eigenvalue weighted by molar-refractivity contribution is 0.0167. The van der Waals surface area contributed by atoms with E-state index in [4.69, 9.17) is 5.73 Å². The zero-order chi connectivity index (χ0) is 15.5. The molecular formula is C14H23N3O3S. The third-order valence-electron chi connectivity index (χ3n) is 3.96. The average molecular weight is 313 g/mol. The van der Waals surface area contributed by atoms with Crippen LogP contribution in [0.5, 0.6) is 0 Å². The first-order chi connectivity index (χ1) is 9.86. The van der Waals surface area contributed by atoms with E-state index < -0.39 is 15.6 Å². The molecule has 1 aromatic carbocycles. The molecule has 21 heavy (non-hydrogen) atoms. The number of anilines is 2. The monoisotopic (exact) mass is 313 g/mol. The van der Waals surface area contributed by atoms with Gasteiger partial charge in [-0.05, 0) is 38.1 Å². The van der Waals surface area contributed by atoms with Crippen LogP contribution in [0, 0.1) is 0 Å². The minimum absolute atomic E-state index is 0.101. The molecule has 0 atom stereocenters. The molecule has 1 aliphatic rings. The van der Waals surface area contributed by atoms with E-state index in [2.05, 4.69) is 10.0 Å². The smallest absolute Gasteiger partial charge is 0.242 e. The molecule has 0 aliphatic heterocycles. The number of aliphatic hydroxyl groups is 1. The van der Waals surface area contributed by atoms with E-state index in [-0.39, 0.29) is 4.90 Å².